The molecule has 0 spiro atoms. The fourth-order valence-corrected chi connectivity index (χ4v) is 2.36. The van der Waals surface area contributed by atoms with Gasteiger partial charge in [0.05, 0.1) is 24.2 Å². The van der Waals surface area contributed by atoms with Crippen molar-refractivity contribution in [2.24, 2.45) is 0 Å². The minimum absolute atomic E-state index is 0.248. The lowest BCUT2D eigenvalue weighted by Gasteiger charge is -2.12. The molecule has 3 rings (SSSR count). The molecule has 0 unspecified atom stereocenters. The Morgan fingerprint density at radius 2 is 1.96 bits per heavy atom. The molecule has 0 radical (unpaired) electrons. The van der Waals surface area contributed by atoms with Crippen LogP contribution in [0.25, 0.3) is 0 Å². The SMILES string of the molecule is CCOc1ccccc1Nc1ccc(NC(=O)c2cccc(F)c2)cn1. The molecular weight excluding hydrogens is 333 g/mol. The van der Waals surface area contributed by atoms with Crippen molar-refractivity contribution < 1.29 is 13.9 Å². The number of ether oxygens (including phenoxy) is 1. The molecule has 26 heavy (non-hydrogen) atoms. The molecule has 6 heteroatoms. The van der Waals surface area contributed by atoms with Crippen LogP contribution in [0.4, 0.5) is 21.6 Å². The number of para-hydroxylation sites is 2. The lowest BCUT2D eigenvalue weighted by Crippen LogP contribution is -2.12. The van der Waals surface area contributed by atoms with Crippen LogP contribution in [0.2, 0.25) is 0 Å². The largest absolute Gasteiger partial charge is 0.492 e. The summed E-state index contributed by atoms with van der Waals surface area (Å²) in [5.41, 5.74) is 1.57. The number of rotatable bonds is 6. The van der Waals surface area contributed by atoms with Gasteiger partial charge in [0, 0.05) is 5.56 Å². The quantitative estimate of drug-likeness (QED) is 0.680. The van der Waals surface area contributed by atoms with Gasteiger partial charge in [-0.05, 0) is 49.4 Å². The van der Waals surface area contributed by atoms with Crippen molar-refractivity contribution in [1.82, 2.24) is 4.98 Å². The third-order valence-electron chi connectivity index (χ3n) is 3.56. The molecular formula is C20H18FN3O2. The van der Waals surface area contributed by atoms with E-state index in [2.05, 4.69) is 15.6 Å². The zero-order chi connectivity index (χ0) is 18.4. The standard InChI is InChI=1S/C20H18FN3O2/c1-2-26-18-9-4-3-8-17(18)24-19-11-10-16(13-22-19)23-20(25)14-6-5-7-15(21)12-14/h3-13H,2H2,1H3,(H,22,24)(H,23,25). The highest BCUT2D eigenvalue weighted by atomic mass is 19.1. The van der Waals surface area contributed by atoms with E-state index < -0.39 is 11.7 Å². The summed E-state index contributed by atoms with van der Waals surface area (Å²) in [6.45, 7) is 2.49. The van der Waals surface area contributed by atoms with Crippen LogP contribution in [-0.2, 0) is 0 Å². The summed E-state index contributed by atoms with van der Waals surface area (Å²) in [5, 5.41) is 5.87. The molecule has 2 aromatic carbocycles. The normalized spacial score (nSPS) is 10.2. The number of benzene rings is 2. The lowest BCUT2D eigenvalue weighted by molar-refractivity contribution is 0.102. The van der Waals surface area contributed by atoms with E-state index in [1.54, 1.807) is 18.2 Å². The molecule has 3 aromatic rings. The molecule has 0 saturated heterocycles. The van der Waals surface area contributed by atoms with Gasteiger partial charge in [-0.25, -0.2) is 9.37 Å². The van der Waals surface area contributed by atoms with Crippen LogP contribution in [0.1, 0.15) is 17.3 Å². The highest BCUT2D eigenvalue weighted by Crippen LogP contribution is 2.26. The Morgan fingerprint density at radius 1 is 1.12 bits per heavy atom. The molecule has 1 amide bonds. The van der Waals surface area contributed by atoms with Crippen molar-refractivity contribution in [3.8, 4) is 5.75 Å². The van der Waals surface area contributed by atoms with Crippen LogP contribution in [0.3, 0.4) is 0 Å². The highest BCUT2D eigenvalue weighted by Gasteiger charge is 2.08. The molecule has 132 valence electrons. The van der Waals surface area contributed by atoms with Gasteiger partial charge in [-0.3, -0.25) is 4.79 Å². The minimum Gasteiger partial charge on any atom is -0.492 e. The smallest absolute Gasteiger partial charge is 0.255 e. The van der Waals surface area contributed by atoms with Gasteiger partial charge in [0.15, 0.2) is 0 Å². The summed E-state index contributed by atoms with van der Waals surface area (Å²) in [6, 6.07) is 16.5. The number of anilines is 3. The first-order chi connectivity index (χ1) is 12.7. The summed E-state index contributed by atoms with van der Waals surface area (Å²) in [6.07, 6.45) is 1.53. The van der Waals surface area contributed by atoms with Gasteiger partial charge in [0.2, 0.25) is 0 Å². The summed E-state index contributed by atoms with van der Waals surface area (Å²) in [5.74, 6) is 0.498. The third-order valence-corrected chi connectivity index (χ3v) is 3.56. The fourth-order valence-electron chi connectivity index (χ4n) is 2.36. The highest BCUT2D eigenvalue weighted by molar-refractivity contribution is 6.04. The molecule has 1 heterocycles. The van der Waals surface area contributed by atoms with Crippen molar-refractivity contribution in [3.63, 3.8) is 0 Å². The second kappa shape index (κ2) is 8.11. The lowest BCUT2D eigenvalue weighted by atomic mass is 10.2. The van der Waals surface area contributed by atoms with E-state index in [4.69, 9.17) is 4.74 Å². The van der Waals surface area contributed by atoms with Crippen LogP contribution in [0, 0.1) is 5.82 Å². The molecule has 0 fully saturated rings. The average molecular weight is 351 g/mol. The van der Waals surface area contributed by atoms with E-state index in [0.29, 0.717) is 18.1 Å². The number of hydrogen-bond donors (Lipinski definition) is 2. The molecule has 0 aliphatic carbocycles. The fraction of sp³-hybridized carbons (Fsp3) is 0.100. The van der Waals surface area contributed by atoms with Gasteiger partial charge < -0.3 is 15.4 Å². The first-order valence-corrected chi connectivity index (χ1v) is 8.17. The Labute approximate surface area is 150 Å². The van der Waals surface area contributed by atoms with Crippen molar-refractivity contribution in [2.45, 2.75) is 6.92 Å². The number of carbonyl (C=O) groups is 1. The molecule has 0 aliphatic rings. The maximum Gasteiger partial charge on any atom is 0.255 e. The number of pyridine rings is 1. The molecule has 0 saturated carbocycles. The predicted molar refractivity (Wildman–Crippen MR) is 99.5 cm³/mol. The maximum absolute atomic E-state index is 13.2. The van der Waals surface area contributed by atoms with Crippen LogP contribution in [0.15, 0.2) is 66.9 Å². The zero-order valence-corrected chi connectivity index (χ0v) is 14.2. The minimum atomic E-state index is -0.455. The molecule has 0 bridgehead atoms. The van der Waals surface area contributed by atoms with Crippen LogP contribution < -0.4 is 15.4 Å². The Balaban J connectivity index is 1.68. The number of hydrogen-bond acceptors (Lipinski definition) is 4. The number of nitrogens with one attached hydrogen (secondary N) is 2. The molecule has 5 nitrogen and oxygen atoms in total. The number of amides is 1. The second-order valence-electron chi connectivity index (χ2n) is 5.45. The second-order valence-corrected chi connectivity index (χ2v) is 5.45. The van der Waals surface area contributed by atoms with Crippen molar-refractivity contribution in [2.75, 3.05) is 17.2 Å². The van der Waals surface area contributed by atoms with Gasteiger partial charge in [-0.1, -0.05) is 18.2 Å². The van der Waals surface area contributed by atoms with Gasteiger partial charge >= 0.3 is 0 Å². The predicted octanol–water partition coefficient (Wildman–Crippen LogP) is 4.62. The van der Waals surface area contributed by atoms with E-state index in [0.717, 1.165) is 11.4 Å². The Kier molecular flexibility index (Phi) is 5.43. The van der Waals surface area contributed by atoms with Crippen molar-refractivity contribution in [1.29, 1.82) is 0 Å². The van der Waals surface area contributed by atoms with Gasteiger partial charge in [-0.15, -0.1) is 0 Å². The Bertz CT molecular complexity index is 898. The topological polar surface area (TPSA) is 63.2 Å². The van der Waals surface area contributed by atoms with Crippen LogP contribution in [-0.4, -0.2) is 17.5 Å². The first kappa shape index (κ1) is 17.4. The van der Waals surface area contributed by atoms with Gasteiger partial charge in [0.25, 0.3) is 5.91 Å². The third kappa shape index (κ3) is 4.36. The Morgan fingerprint density at radius 3 is 2.69 bits per heavy atom. The summed E-state index contributed by atoms with van der Waals surface area (Å²) >= 11 is 0. The summed E-state index contributed by atoms with van der Waals surface area (Å²) < 4.78 is 18.8. The number of halogens is 1. The number of aromatic nitrogens is 1. The maximum atomic E-state index is 13.2. The monoisotopic (exact) mass is 351 g/mol. The molecule has 2 N–H and O–H groups in total. The zero-order valence-electron chi connectivity index (χ0n) is 14.2. The van der Waals surface area contributed by atoms with E-state index in [1.807, 2.05) is 31.2 Å². The van der Waals surface area contributed by atoms with E-state index in [1.165, 1.54) is 24.4 Å². The van der Waals surface area contributed by atoms with E-state index in [-0.39, 0.29) is 5.56 Å². The number of carbonyl (C=O) groups excluding carboxylic acids is 1. The van der Waals surface area contributed by atoms with Crippen molar-refractivity contribution >= 4 is 23.1 Å². The van der Waals surface area contributed by atoms with E-state index in [9.17, 15) is 9.18 Å². The van der Waals surface area contributed by atoms with Crippen molar-refractivity contribution in [3.05, 3.63) is 78.2 Å². The molecule has 1 aromatic heterocycles. The number of nitrogens with zero attached hydrogens (tertiary/aromatic N) is 1. The van der Waals surface area contributed by atoms with E-state index >= 15 is 0 Å². The van der Waals surface area contributed by atoms with Gasteiger partial charge in [0.1, 0.15) is 17.4 Å². The average Bonchev–Trinajstić information content (AvgIpc) is 2.65. The first-order valence-electron chi connectivity index (χ1n) is 8.17. The summed E-state index contributed by atoms with van der Waals surface area (Å²) in [7, 11) is 0. The van der Waals surface area contributed by atoms with Crippen LogP contribution in [0.5, 0.6) is 5.75 Å². The summed E-state index contributed by atoms with van der Waals surface area (Å²) in [4.78, 5) is 16.4. The molecule has 0 aliphatic heterocycles. The molecule has 0 atom stereocenters. The Hall–Kier alpha value is -3.41. The van der Waals surface area contributed by atoms with Crippen LogP contribution >= 0.6 is 0 Å². The van der Waals surface area contributed by atoms with Gasteiger partial charge in [-0.2, -0.15) is 0 Å².